The monoisotopic (exact) mass is 269 g/mol. The van der Waals surface area contributed by atoms with Crippen molar-refractivity contribution in [3.63, 3.8) is 0 Å². The second-order valence-corrected chi connectivity index (χ2v) is 6.11. The summed E-state index contributed by atoms with van der Waals surface area (Å²) in [7, 11) is 2.11. The van der Waals surface area contributed by atoms with E-state index >= 15 is 0 Å². The molecule has 1 rings (SSSR count). The summed E-state index contributed by atoms with van der Waals surface area (Å²) >= 11 is 0. The fraction of sp³-hybridized carbons (Fsp3) is 1.00. The lowest BCUT2D eigenvalue weighted by Crippen LogP contribution is -2.26. The average molecular weight is 269 g/mol. The van der Waals surface area contributed by atoms with Gasteiger partial charge in [0.05, 0.1) is 6.10 Å². The van der Waals surface area contributed by atoms with Crippen LogP contribution in [0.25, 0.3) is 0 Å². The molecule has 2 unspecified atom stereocenters. The van der Waals surface area contributed by atoms with Gasteiger partial charge in [-0.05, 0) is 39.2 Å². The third-order valence-electron chi connectivity index (χ3n) is 4.43. The molecule has 1 aliphatic rings. The van der Waals surface area contributed by atoms with E-state index in [0.29, 0.717) is 12.1 Å². The van der Waals surface area contributed by atoms with Crippen molar-refractivity contribution in [3.05, 3.63) is 0 Å². The van der Waals surface area contributed by atoms with Gasteiger partial charge in [-0.2, -0.15) is 0 Å². The molecular weight excluding hydrogens is 234 g/mol. The summed E-state index contributed by atoms with van der Waals surface area (Å²) in [6.45, 7) is 3.28. The van der Waals surface area contributed by atoms with Crippen molar-refractivity contribution in [2.45, 2.75) is 96.1 Å². The van der Waals surface area contributed by atoms with Crippen LogP contribution < -0.4 is 5.32 Å². The van der Waals surface area contributed by atoms with Crippen molar-refractivity contribution < 1.29 is 4.74 Å². The molecule has 1 N–H and O–H groups in total. The molecule has 1 fully saturated rings. The van der Waals surface area contributed by atoms with Crippen LogP contribution in [-0.2, 0) is 4.74 Å². The van der Waals surface area contributed by atoms with E-state index in [1.165, 1.54) is 77.0 Å². The lowest BCUT2D eigenvalue weighted by Gasteiger charge is -2.18. The van der Waals surface area contributed by atoms with Gasteiger partial charge in [0.2, 0.25) is 0 Å². The quantitative estimate of drug-likeness (QED) is 0.520. The second-order valence-electron chi connectivity index (χ2n) is 6.11. The summed E-state index contributed by atoms with van der Waals surface area (Å²) in [4.78, 5) is 0. The zero-order valence-corrected chi connectivity index (χ0v) is 13.3. The molecule has 0 saturated carbocycles. The van der Waals surface area contributed by atoms with E-state index in [2.05, 4.69) is 19.3 Å². The van der Waals surface area contributed by atoms with Crippen LogP contribution in [0.4, 0.5) is 0 Å². The fourth-order valence-electron chi connectivity index (χ4n) is 3.04. The Morgan fingerprint density at radius 1 is 1.05 bits per heavy atom. The number of rotatable bonds is 12. The van der Waals surface area contributed by atoms with E-state index in [1.807, 2.05) is 0 Å². The van der Waals surface area contributed by atoms with Crippen LogP contribution >= 0.6 is 0 Å². The summed E-state index contributed by atoms with van der Waals surface area (Å²) in [6.07, 6.45) is 16.9. The Labute approximate surface area is 120 Å². The highest BCUT2D eigenvalue weighted by atomic mass is 16.5. The molecule has 0 bridgehead atoms. The highest BCUT2D eigenvalue weighted by molar-refractivity contribution is 4.71. The maximum atomic E-state index is 5.70. The first-order valence-corrected chi connectivity index (χ1v) is 8.65. The summed E-state index contributed by atoms with van der Waals surface area (Å²) in [6, 6.07) is 0.708. The number of hydrogen-bond acceptors (Lipinski definition) is 2. The summed E-state index contributed by atoms with van der Waals surface area (Å²) in [5, 5.41) is 3.48. The first-order chi connectivity index (χ1) is 9.36. The minimum Gasteiger partial charge on any atom is -0.378 e. The summed E-state index contributed by atoms with van der Waals surface area (Å²) in [5.41, 5.74) is 0. The Balaban J connectivity index is 1.92. The molecule has 114 valence electrons. The fourth-order valence-corrected chi connectivity index (χ4v) is 3.04. The first-order valence-electron chi connectivity index (χ1n) is 8.65. The van der Waals surface area contributed by atoms with E-state index < -0.39 is 0 Å². The van der Waals surface area contributed by atoms with E-state index in [1.54, 1.807) is 0 Å². The molecule has 2 atom stereocenters. The Kier molecular flexibility index (Phi) is 10.5. The Bertz CT molecular complexity index is 190. The largest absolute Gasteiger partial charge is 0.378 e. The highest BCUT2D eigenvalue weighted by Crippen LogP contribution is 2.19. The van der Waals surface area contributed by atoms with Gasteiger partial charge in [0.15, 0.2) is 0 Å². The van der Waals surface area contributed by atoms with Crippen LogP contribution in [0.2, 0.25) is 0 Å². The van der Waals surface area contributed by atoms with Gasteiger partial charge in [-0.3, -0.25) is 0 Å². The maximum absolute atomic E-state index is 5.70. The molecule has 0 amide bonds. The summed E-state index contributed by atoms with van der Waals surface area (Å²) < 4.78 is 5.70. The van der Waals surface area contributed by atoms with Crippen molar-refractivity contribution in [1.29, 1.82) is 0 Å². The van der Waals surface area contributed by atoms with Crippen molar-refractivity contribution in [1.82, 2.24) is 5.32 Å². The summed E-state index contributed by atoms with van der Waals surface area (Å²) in [5.74, 6) is 0. The molecule has 19 heavy (non-hydrogen) atoms. The predicted molar refractivity (Wildman–Crippen MR) is 83.7 cm³/mol. The molecule has 0 aliphatic carbocycles. The minimum atomic E-state index is 0.560. The van der Waals surface area contributed by atoms with Crippen LogP contribution in [-0.4, -0.2) is 25.8 Å². The van der Waals surface area contributed by atoms with E-state index in [9.17, 15) is 0 Å². The molecule has 1 saturated heterocycles. The number of unbranched alkanes of at least 4 members (excludes halogenated alkanes) is 6. The number of ether oxygens (including phenoxy) is 1. The second kappa shape index (κ2) is 11.7. The zero-order chi connectivity index (χ0) is 13.8. The van der Waals surface area contributed by atoms with Crippen LogP contribution in [0.3, 0.4) is 0 Å². The average Bonchev–Trinajstić information content (AvgIpc) is 2.94. The molecule has 1 heterocycles. The highest BCUT2D eigenvalue weighted by Gasteiger charge is 2.17. The van der Waals surface area contributed by atoms with Gasteiger partial charge >= 0.3 is 0 Å². The molecule has 0 spiro atoms. The lowest BCUT2D eigenvalue weighted by molar-refractivity contribution is 0.0994. The standard InChI is InChI=1S/C17H35NO/c1-3-4-5-6-7-8-9-11-16(18-2)13-14-17-12-10-15-19-17/h16-18H,3-15H2,1-2H3. The van der Waals surface area contributed by atoms with Gasteiger partial charge < -0.3 is 10.1 Å². The van der Waals surface area contributed by atoms with E-state index in [0.717, 1.165) is 6.61 Å². The van der Waals surface area contributed by atoms with Gasteiger partial charge in [0.25, 0.3) is 0 Å². The van der Waals surface area contributed by atoms with Crippen LogP contribution in [0.15, 0.2) is 0 Å². The molecular formula is C17H35NO. The molecule has 0 aromatic carbocycles. The first kappa shape index (κ1) is 17.0. The maximum Gasteiger partial charge on any atom is 0.0576 e. The Morgan fingerprint density at radius 3 is 2.42 bits per heavy atom. The van der Waals surface area contributed by atoms with Crippen molar-refractivity contribution >= 4 is 0 Å². The SMILES string of the molecule is CCCCCCCCCC(CCC1CCCO1)NC. The third kappa shape index (κ3) is 8.65. The van der Waals surface area contributed by atoms with E-state index in [-0.39, 0.29) is 0 Å². The van der Waals surface area contributed by atoms with Crippen molar-refractivity contribution in [2.24, 2.45) is 0 Å². The number of hydrogen-bond donors (Lipinski definition) is 1. The van der Waals surface area contributed by atoms with Gasteiger partial charge in [-0.25, -0.2) is 0 Å². The number of nitrogens with one attached hydrogen (secondary N) is 1. The van der Waals surface area contributed by atoms with Crippen LogP contribution in [0.1, 0.15) is 84.0 Å². The molecule has 2 nitrogen and oxygen atoms in total. The topological polar surface area (TPSA) is 21.3 Å². The van der Waals surface area contributed by atoms with Gasteiger partial charge in [-0.15, -0.1) is 0 Å². The molecule has 0 aromatic rings. The van der Waals surface area contributed by atoms with Gasteiger partial charge in [0, 0.05) is 12.6 Å². The van der Waals surface area contributed by atoms with Crippen molar-refractivity contribution in [3.8, 4) is 0 Å². The molecule has 0 aromatic heterocycles. The van der Waals surface area contributed by atoms with Gasteiger partial charge in [0.1, 0.15) is 0 Å². The Morgan fingerprint density at radius 2 is 1.79 bits per heavy atom. The lowest BCUT2D eigenvalue weighted by atomic mass is 10.00. The zero-order valence-electron chi connectivity index (χ0n) is 13.3. The molecule has 0 radical (unpaired) electrons. The van der Waals surface area contributed by atoms with Crippen LogP contribution in [0.5, 0.6) is 0 Å². The smallest absolute Gasteiger partial charge is 0.0576 e. The molecule has 2 heteroatoms. The van der Waals surface area contributed by atoms with E-state index in [4.69, 9.17) is 4.74 Å². The third-order valence-corrected chi connectivity index (χ3v) is 4.43. The normalized spacial score (nSPS) is 20.8. The van der Waals surface area contributed by atoms with Crippen LogP contribution in [0, 0.1) is 0 Å². The molecule has 1 aliphatic heterocycles. The Hall–Kier alpha value is -0.0800. The minimum absolute atomic E-state index is 0.560. The van der Waals surface area contributed by atoms with Gasteiger partial charge in [-0.1, -0.05) is 51.9 Å². The van der Waals surface area contributed by atoms with Crippen molar-refractivity contribution in [2.75, 3.05) is 13.7 Å². The predicted octanol–water partition coefficient (Wildman–Crippen LogP) is 4.67.